The first-order chi connectivity index (χ1) is 11.5. The third kappa shape index (κ3) is 5.53. The van der Waals surface area contributed by atoms with E-state index in [0.717, 1.165) is 10.9 Å². The Bertz CT molecular complexity index is 755. The van der Waals surface area contributed by atoms with Gasteiger partial charge in [-0.25, -0.2) is 4.79 Å². The second-order valence-electron chi connectivity index (χ2n) is 5.80. The van der Waals surface area contributed by atoms with Crippen LogP contribution in [0.2, 0.25) is 0 Å². The fraction of sp³-hybridized carbons (Fsp3) is 0.333. The molecule has 0 saturated carbocycles. The average molecular weight is 394 g/mol. The number of carbonyl (C=O) groups is 1. The number of aromatic amines is 1. The summed E-state index contributed by atoms with van der Waals surface area (Å²) in [4.78, 5) is 26.9. The monoisotopic (exact) mass is 393 g/mol. The third-order valence-electron chi connectivity index (χ3n) is 3.31. The lowest BCUT2D eigenvalue weighted by Crippen LogP contribution is -2.13. The molecule has 1 aromatic heterocycles. The summed E-state index contributed by atoms with van der Waals surface area (Å²) in [7, 11) is 0. The van der Waals surface area contributed by atoms with E-state index >= 15 is 0 Å². The molecule has 0 unspecified atom stereocenters. The fourth-order valence-corrected chi connectivity index (χ4v) is 2.34. The Labute approximate surface area is 149 Å². The van der Waals surface area contributed by atoms with Crippen molar-refractivity contribution in [3.63, 3.8) is 0 Å². The Morgan fingerprint density at radius 3 is 2.75 bits per heavy atom. The second kappa shape index (κ2) is 8.68. The normalized spacial score (nSPS) is 10.7. The van der Waals surface area contributed by atoms with Gasteiger partial charge in [-0.2, -0.15) is 0 Å². The number of hydrogen-bond acceptors (Lipinski definition) is 4. The summed E-state index contributed by atoms with van der Waals surface area (Å²) < 4.78 is 11.5. The van der Waals surface area contributed by atoms with E-state index in [4.69, 9.17) is 9.47 Å². The molecule has 0 saturated heterocycles. The number of pyridine rings is 1. The van der Waals surface area contributed by atoms with E-state index in [1.54, 1.807) is 18.2 Å². The predicted octanol–water partition coefficient (Wildman–Crippen LogP) is 3.92. The molecule has 0 aliphatic carbocycles. The van der Waals surface area contributed by atoms with E-state index in [1.807, 2.05) is 6.07 Å². The summed E-state index contributed by atoms with van der Waals surface area (Å²) in [6, 6.07) is 8.31. The van der Waals surface area contributed by atoms with Gasteiger partial charge in [0.15, 0.2) is 5.75 Å². The van der Waals surface area contributed by atoms with Crippen LogP contribution in [0.1, 0.15) is 36.3 Å². The standard InChI is InChI=1S/C18H20BrNO4/c1-12(2)6-7-23-17-10-20-15(9-16(17)21)11-24-18(22)13-4-3-5-14(19)8-13/h3-5,8-10,12H,6-7,11H2,1-2H3,(H,20,21). The highest BCUT2D eigenvalue weighted by atomic mass is 79.9. The lowest BCUT2D eigenvalue weighted by molar-refractivity contribution is 0.0467. The van der Waals surface area contributed by atoms with Crippen molar-refractivity contribution >= 4 is 21.9 Å². The van der Waals surface area contributed by atoms with Crippen molar-refractivity contribution in [2.45, 2.75) is 26.9 Å². The van der Waals surface area contributed by atoms with Gasteiger partial charge in [-0.3, -0.25) is 4.79 Å². The topological polar surface area (TPSA) is 68.4 Å². The molecule has 0 fully saturated rings. The summed E-state index contributed by atoms with van der Waals surface area (Å²) in [6.07, 6.45) is 2.39. The van der Waals surface area contributed by atoms with Crippen LogP contribution < -0.4 is 10.2 Å². The quantitative estimate of drug-likeness (QED) is 0.723. The molecular weight excluding hydrogens is 374 g/mol. The van der Waals surface area contributed by atoms with Crippen LogP contribution in [-0.2, 0) is 11.3 Å². The molecule has 1 heterocycles. The zero-order valence-electron chi connectivity index (χ0n) is 13.7. The minimum Gasteiger partial charge on any atom is -0.488 e. The SMILES string of the molecule is CC(C)CCOc1c[nH]c(COC(=O)c2cccc(Br)c2)cc1=O. The molecule has 0 aliphatic heterocycles. The van der Waals surface area contributed by atoms with Gasteiger partial charge in [0.2, 0.25) is 5.43 Å². The summed E-state index contributed by atoms with van der Waals surface area (Å²) in [5.41, 5.74) is 0.728. The van der Waals surface area contributed by atoms with E-state index in [2.05, 4.69) is 34.8 Å². The van der Waals surface area contributed by atoms with Crippen LogP contribution in [0.15, 0.2) is 45.8 Å². The van der Waals surface area contributed by atoms with Crippen molar-refractivity contribution in [3.05, 3.63) is 62.5 Å². The molecule has 1 N–H and O–H groups in total. The van der Waals surface area contributed by atoms with Gasteiger partial charge in [0.1, 0.15) is 6.61 Å². The zero-order chi connectivity index (χ0) is 17.5. The Hall–Kier alpha value is -2.08. The number of H-pyrrole nitrogens is 1. The van der Waals surface area contributed by atoms with Gasteiger partial charge in [0.25, 0.3) is 0 Å². The van der Waals surface area contributed by atoms with Gasteiger partial charge in [-0.15, -0.1) is 0 Å². The number of halogens is 1. The number of benzene rings is 1. The number of esters is 1. The molecule has 5 nitrogen and oxygen atoms in total. The van der Waals surface area contributed by atoms with Crippen LogP contribution in [0.4, 0.5) is 0 Å². The zero-order valence-corrected chi connectivity index (χ0v) is 15.3. The van der Waals surface area contributed by atoms with Crippen molar-refractivity contribution in [2.24, 2.45) is 5.92 Å². The van der Waals surface area contributed by atoms with E-state index in [9.17, 15) is 9.59 Å². The van der Waals surface area contributed by atoms with Crippen LogP contribution in [0.5, 0.6) is 5.75 Å². The van der Waals surface area contributed by atoms with Crippen molar-refractivity contribution in [1.82, 2.24) is 4.98 Å². The Kier molecular flexibility index (Phi) is 6.61. The van der Waals surface area contributed by atoms with Gasteiger partial charge in [-0.1, -0.05) is 35.8 Å². The van der Waals surface area contributed by atoms with Crippen molar-refractivity contribution in [2.75, 3.05) is 6.61 Å². The molecule has 0 bridgehead atoms. The summed E-state index contributed by atoms with van der Waals surface area (Å²) in [5.74, 6) is 0.341. The van der Waals surface area contributed by atoms with E-state index < -0.39 is 5.97 Å². The highest BCUT2D eigenvalue weighted by Gasteiger charge is 2.09. The molecule has 128 valence electrons. The molecule has 6 heteroatoms. The van der Waals surface area contributed by atoms with E-state index in [-0.39, 0.29) is 17.8 Å². The highest BCUT2D eigenvalue weighted by Crippen LogP contribution is 2.13. The molecule has 0 aliphatic rings. The van der Waals surface area contributed by atoms with E-state index in [0.29, 0.717) is 23.8 Å². The fourth-order valence-electron chi connectivity index (χ4n) is 1.94. The molecule has 0 atom stereocenters. The Morgan fingerprint density at radius 2 is 2.08 bits per heavy atom. The highest BCUT2D eigenvalue weighted by molar-refractivity contribution is 9.10. The van der Waals surface area contributed by atoms with Crippen LogP contribution in [0.3, 0.4) is 0 Å². The molecule has 2 rings (SSSR count). The Morgan fingerprint density at radius 1 is 1.29 bits per heavy atom. The van der Waals surface area contributed by atoms with Crippen LogP contribution in [0, 0.1) is 5.92 Å². The summed E-state index contributed by atoms with van der Waals surface area (Å²) in [6.45, 7) is 4.68. The number of nitrogens with one attached hydrogen (secondary N) is 1. The Balaban J connectivity index is 1.92. The van der Waals surface area contributed by atoms with Crippen LogP contribution in [0.25, 0.3) is 0 Å². The average Bonchev–Trinajstić information content (AvgIpc) is 2.54. The third-order valence-corrected chi connectivity index (χ3v) is 3.80. The van der Waals surface area contributed by atoms with Gasteiger partial charge >= 0.3 is 5.97 Å². The smallest absolute Gasteiger partial charge is 0.338 e. The number of carbonyl (C=O) groups excluding carboxylic acids is 1. The maximum atomic E-state index is 12.0. The van der Waals surface area contributed by atoms with Crippen molar-refractivity contribution in [3.8, 4) is 5.75 Å². The summed E-state index contributed by atoms with van der Waals surface area (Å²) >= 11 is 3.30. The largest absolute Gasteiger partial charge is 0.488 e. The van der Waals surface area contributed by atoms with Gasteiger partial charge in [0, 0.05) is 16.7 Å². The molecule has 1 aromatic carbocycles. The molecule has 0 spiro atoms. The number of rotatable bonds is 7. The molecule has 24 heavy (non-hydrogen) atoms. The first-order valence-corrected chi connectivity index (χ1v) is 8.52. The first-order valence-electron chi connectivity index (χ1n) is 7.73. The van der Waals surface area contributed by atoms with Gasteiger partial charge in [0.05, 0.1) is 17.9 Å². The number of aromatic nitrogens is 1. The molecule has 0 radical (unpaired) electrons. The van der Waals surface area contributed by atoms with Gasteiger partial charge < -0.3 is 14.5 Å². The minimum atomic E-state index is -0.450. The maximum absolute atomic E-state index is 12.0. The lowest BCUT2D eigenvalue weighted by Gasteiger charge is -2.09. The predicted molar refractivity (Wildman–Crippen MR) is 95.3 cm³/mol. The van der Waals surface area contributed by atoms with Gasteiger partial charge in [-0.05, 0) is 30.5 Å². The molecule has 0 amide bonds. The first kappa shape index (κ1) is 18.3. The lowest BCUT2D eigenvalue weighted by atomic mass is 10.1. The van der Waals surface area contributed by atoms with Crippen LogP contribution >= 0.6 is 15.9 Å². The number of ether oxygens (including phenoxy) is 2. The maximum Gasteiger partial charge on any atom is 0.338 e. The summed E-state index contributed by atoms with van der Waals surface area (Å²) in [5, 5.41) is 0. The van der Waals surface area contributed by atoms with Crippen molar-refractivity contribution in [1.29, 1.82) is 0 Å². The number of hydrogen-bond donors (Lipinski definition) is 1. The van der Waals surface area contributed by atoms with Crippen LogP contribution in [-0.4, -0.2) is 17.6 Å². The molecule has 2 aromatic rings. The van der Waals surface area contributed by atoms with Crippen molar-refractivity contribution < 1.29 is 14.3 Å². The second-order valence-corrected chi connectivity index (χ2v) is 6.72. The van der Waals surface area contributed by atoms with E-state index in [1.165, 1.54) is 12.3 Å². The molecular formula is C18H20BrNO4. The minimum absolute atomic E-state index is 0.00708.